The molecule has 3 aromatic rings. The number of aryl methyl sites for hydroxylation is 1. The van der Waals surface area contributed by atoms with Crippen LogP contribution >= 0.6 is 34.7 Å². The SMILES string of the molecule is CCn1c(SCC(=O)Nc2ccc(F)c(Cl)c2)nnc1-c1csc(C)c1C. The van der Waals surface area contributed by atoms with E-state index in [4.69, 9.17) is 11.6 Å². The van der Waals surface area contributed by atoms with E-state index in [1.165, 1.54) is 40.4 Å². The molecule has 0 atom stereocenters. The van der Waals surface area contributed by atoms with Gasteiger partial charge in [0.25, 0.3) is 0 Å². The van der Waals surface area contributed by atoms with E-state index >= 15 is 0 Å². The highest BCUT2D eigenvalue weighted by Crippen LogP contribution is 2.31. The number of halogens is 2. The summed E-state index contributed by atoms with van der Waals surface area (Å²) >= 11 is 8.73. The Balaban J connectivity index is 1.70. The molecule has 142 valence electrons. The molecule has 5 nitrogen and oxygen atoms in total. The third kappa shape index (κ3) is 4.34. The van der Waals surface area contributed by atoms with E-state index in [1.54, 1.807) is 11.3 Å². The zero-order valence-corrected chi connectivity index (χ0v) is 17.4. The molecule has 9 heteroatoms. The molecule has 1 N–H and O–H groups in total. The van der Waals surface area contributed by atoms with Crippen molar-refractivity contribution in [3.05, 3.63) is 44.9 Å². The van der Waals surface area contributed by atoms with Crippen LogP contribution < -0.4 is 5.32 Å². The van der Waals surface area contributed by atoms with Gasteiger partial charge in [-0.05, 0) is 44.5 Å². The molecule has 0 aliphatic heterocycles. The van der Waals surface area contributed by atoms with Crippen LogP contribution in [-0.4, -0.2) is 26.4 Å². The van der Waals surface area contributed by atoms with Gasteiger partial charge < -0.3 is 9.88 Å². The summed E-state index contributed by atoms with van der Waals surface area (Å²) in [4.78, 5) is 13.4. The molecule has 0 bridgehead atoms. The van der Waals surface area contributed by atoms with Gasteiger partial charge in [0.15, 0.2) is 11.0 Å². The number of thiophene rings is 1. The number of benzene rings is 1. The fourth-order valence-corrected chi connectivity index (χ4v) is 4.36. The first-order valence-corrected chi connectivity index (χ1v) is 10.5. The van der Waals surface area contributed by atoms with Crippen molar-refractivity contribution in [1.29, 1.82) is 0 Å². The minimum Gasteiger partial charge on any atom is -0.325 e. The van der Waals surface area contributed by atoms with Crippen molar-refractivity contribution in [2.24, 2.45) is 0 Å². The largest absolute Gasteiger partial charge is 0.325 e. The average Bonchev–Trinajstić information content (AvgIpc) is 3.19. The fraction of sp³-hybridized carbons (Fsp3) is 0.278. The van der Waals surface area contributed by atoms with Crippen LogP contribution in [-0.2, 0) is 11.3 Å². The van der Waals surface area contributed by atoms with Crippen LogP contribution in [0.1, 0.15) is 17.4 Å². The maximum absolute atomic E-state index is 13.2. The summed E-state index contributed by atoms with van der Waals surface area (Å²) in [6.45, 7) is 6.88. The van der Waals surface area contributed by atoms with Crippen molar-refractivity contribution < 1.29 is 9.18 Å². The number of amides is 1. The third-order valence-corrected chi connectivity index (χ3v) is 6.37. The predicted octanol–water partition coefficient (Wildman–Crippen LogP) is 5.17. The Morgan fingerprint density at radius 1 is 1.37 bits per heavy atom. The van der Waals surface area contributed by atoms with Crippen molar-refractivity contribution in [3.63, 3.8) is 0 Å². The summed E-state index contributed by atoms with van der Waals surface area (Å²) in [5, 5.41) is 14.0. The van der Waals surface area contributed by atoms with E-state index in [0.717, 1.165) is 11.4 Å². The average molecular weight is 425 g/mol. The Labute approximate surface area is 170 Å². The number of anilines is 1. The molecule has 0 aliphatic rings. The van der Waals surface area contributed by atoms with Gasteiger partial charge in [-0.2, -0.15) is 0 Å². The van der Waals surface area contributed by atoms with Gasteiger partial charge in [0, 0.05) is 28.1 Å². The Kier molecular flexibility index (Phi) is 6.18. The van der Waals surface area contributed by atoms with E-state index in [9.17, 15) is 9.18 Å². The fourth-order valence-electron chi connectivity index (χ4n) is 2.51. The van der Waals surface area contributed by atoms with E-state index in [1.807, 2.05) is 11.5 Å². The second kappa shape index (κ2) is 8.41. The number of aromatic nitrogens is 3. The Morgan fingerprint density at radius 2 is 2.15 bits per heavy atom. The molecule has 2 heterocycles. The summed E-state index contributed by atoms with van der Waals surface area (Å²) in [5.41, 5.74) is 2.72. The normalized spacial score (nSPS) is 11.0. The van der Waals surface area contributed by atoms with Gasteiger partial charge in [-0.1, -0.05) is 23.4 Å². The molecule has 0 radical (unpaired) electrons. The minimum atomic E-state index is -0.522. The van der Waals surface area contributed by atoms with Crippen molar-refractivity contribution in [2.45, 2.75) is 32.5 Å². The number of thioether (sulfide) groups is 1. The quantitative estimate of drug-likeness (QED) is 0.555. The minimum absolute atomic E-state index is 0.0303. The number of carbonyl (C=O) groups is 1. The summed E-state index contributed by atoms with van der Waals surface area (Å²) in [7, 11) is 0. The van der Waals surface area contributed by atoms with E-state index in [0.29, 0.717) is 17.4 Å². The van der Waals surface area contributed by atoms with Crippen LogP contribution in [0.3, 0.4) is 0 Å². The van der Waals surface area contributed by atoms with Gasteiger partial charge in [-0.15, -0.1) is 21.5 Å². The molecular formula is C18H18ClFN4OS2. The number of nitrogens with one attached hydrogen (secondary N) is 1. The summed E-state index contributed by atoms with van der Waals surface area (Å²) in [6, 6.07) is 4.07. The van der Waals surface area contributed by atoms with Gasteiger partial charge in [0.1, 0.15) is 5.82 Å². The Morgan fingerprint density at radius 3 is 2.78 bits per heavy atom. The molecule has 0 unspecified atom stereocenters. The highest BCUT2D eigenvalue weighted by Gasteiger charge is 2.17. The molecule has 0 fully saturated rings. The summed E-state index contributed by atoms with van der Waals surface area (Å²) < 4.78 is 15.2. The van der Waals surface area contributed by atoms with Gasteiger partial charge in [0.2, 0.25) is 5.91 Å². The lowest BCUT2D eigenvalue weighted by molar-refractivity contribution is -0.113. The van der Waals surface area contributed by atoms with Gasteiger partial charge in [-0.25, -0.2) is 4.39 Å². The maximum Gasteiger partial charge on any atom is 0.234 e. The van der Waals surface area contributed by atoms with Crippen molar-refractivity contribution in [1.82, 2.24) is 14.8 Å². The number of carbonyl (C=O) groups excluding carboxylic acids is 1. The van der Waals surface area contributed by atoms with Crippen LogP contribution in [0.25, 0.3) is 11.4 Å². The molecule has 0 saturated carbocycles. The summed E-state index contributed by atoms with van der Waals surface area (Å²) in [6.07, 6.45) is 0. The third-order valence-electron chi connectivity index (χ3n) is 4.10. The van der Waals surface area contributed by atoms with Crippen LogP contribution in [0.5, 0.6) is 0 Å². The topological polar surface area (TPSA) is 59.8 Å². The van der Waals surface area contributed by atoms with E-state index < -0.39 is 5.82 Å². The lowest BCUT2D eigenvalue weighted by Gasteiger charge is -2.08. The van der Waals surface area contributed by atoms with Crippen molar-refractivity contribution >= 4 is 46.3 Å². The van der Waals surface area contributed by atoms with Crippen LogP contribution in [0.2, 0.25) is 5.02 Å². The zero-order valence-electron chi connectivity index (χ0n) is 15.0. The van der Waals surface area contributed by atoms with Crippen LogP contribution in [0.15, 0.2) is 28.7 Å². The van der Waals surface area contributed by atoms with Crippen LogP contribution in [0, 0.1) is 19.7 Å². The first kappa shape index (κ1) is 19.9. The van der Waals surface area contributed by atoms with Crippen molar-refractivity contribution in [2.75, 3.05) is 11.1 Å². The molecule has 0 saturated heterocycles. The Bertz CT molecular complexity index is 986. The monoisotopic (exact) mass is 424 g/mol. The molecule has 0 aliphatic carbocycles. The number of rotatable bonds is 6. The lowest BCUT2D eigenvalue weighted by atomic mass is 10.1. The maximum atomic E-state index is 13.2. The van der Waals surface area contributed by atoms with Gasteiger partial charge in [0.05, 0.1) is 10.8 Å². The number of hydrogen-bond acceptors (Lipinski definition) is 5. The lowest BCUT2D eigenvalue weighted by Crippen LogP contribution is -2.14. The molecular weight excluding hydrogens is 407 g/mol. The van der Waals surface area contributed by atoms with Gasteiger partial charge >= 0.3 is 0 Å². The van der Waals surface area contributed by atoms with Crippen LogP contribution in [0.4, 0.5) is 10.1 Å². The first-order chi connectivity index (χ1) is 12.9. The molecule has 27 heavy (non-hydrogen) atoms. The molecule has 1 aromatic carbocycles. The highest BCUT2D eigenvalue weighted by molar-refractivity contribution is 7.99. The molecule has 0 spiro atoms. The standard InChI is InChI=1S/C18H18ClFN4OS2/c1-4-24-17(13-8-26-11(3)10(13)2)22-23-18(24)27-9-16(25)21-12-5-6-15(20)14(19)7-12/h5-8H,4,9H2,1-3H3,(H,21,25). The van der Waals surface area contributed by atoms with Gasteiger partial charge in [-0.3, -0.25) is 4.79 Å². The van der Waals surface area contributed by atoms with E-state index in [-0.39, 0.29) is 16.7 Å². The molecule has 3 rings (SSSR count). The summed E-state index contributed by atoms with van der Waals surface area (Å²) in [5.74, 6) is 0.228. The van der Waals surface area contributed by atoms with E-state index in [2.05, 4.69) is 34.7 Å². The number of hydrogen-bond donors (Lipinski definition) is 1. The van der Waals surface area contributed by atoms with Crippen molar-refractivity contribution in [3.8, 4) is 11.4 Å². The smallest absolute Gasteiger partial charge is 0.234 e. The zero-order chi connectivity index (χ0) is 19.6. The second-order valence-corrected chi connectivity index (χ2v) is 8.28. The highest BCUT2D eigenvalue weighted by atomic mass is 35.5. The first-order valence-electron chi connectivity index (χ1n) is 8.26. The molecule has 1 amide bonds. The predicted molar refractivity (Wildman–Crippen MR) is 109 cm³/mol. The molecule has 2 aromatic heterocycles. The second-order valence-electron chi connectivity index (χ2n) is 5.85. The Hall–Kier alpha value is -1.90. The number of nitrogens with zero attached hydrogens (tertiary/aromatic N) is 3.